The molecule has 4 aromatic heterocycles. The van der Waals surface area contributed by atoms with E-state index in [1.165, 1.54) is 148 Å². The molecule has 10 aromatic rings. The molecule has 142 heavy (non-hydrogen) atoms. The first kappa shape index (κ1) is 110. The number of hydrogen-bond acceptors (Lipinski definition) is 34. The molecule has 752 valence electrons. The fourth-order valence-corrected chi connectivity index (χ4v) is 24.9. The zero-order valence-electron chi connectivity index (χ0n) is 76.0. The van der Waals surface area contributed by atoms with Gasteiger partial charge in [-0.2, -0.15) is 12.9 Å². The maximum atomic E-state index is 14.0. The van der Waals surface area contributed by atoms with Crippen LogP contribution in [-0.2, 0) is 91.3 Å². The molecule has 0 aliphatic carbocycles. The minimum atomic E-state index is -3.97. The molecule has 2 N–H and O–H groups in total. The van der Waals surface area contributed by atoms with Gasteiger partial charge >= 0.3 is 23.9 Å². The molecule has 0 amide bonds. The number of nitrogens with one attached hydrogen (secondary N) is 2. The van der Waals surface area contributed by atoms with E-state index >= 15 is 0 Å². The molecule has 3 fully saturated rings. The molecule has 4 atom stereocenters. The molecule has 0 bridgehead atoms. The van der Waals surface area contributed by atoms with Gasteiger partial charge in [0.1, 0.15) is 81.8 Å². The Morgan fingerprint density at radius 2 is 0.831 bits per heavy atom. The molecular weight excluding hydrogens is 2410 g/mol. The number of halogens is 10. The van der Waals surface area contributed by atoms with Crippen molar-refractivity contribution in [3.63, 3.8) is 0 Å². The summed E-state index contributed by atoms with van der Waals surface area (Å²) in [4.78, 5) is 95.5. The van der Waals surface area contributed by atoms with Crippen LogP contribution in [0.2, 0.25) is 0 Å². The molecule has 34 nitrogen and oxygen atoms in total. The van der Waals surface area contributed by atoms with Gasteiger partial charge in [-0.25, -0.2) is 95.1 Å². The number of fused-ring (bicyclic) bond motifs is 3. The lowest BCUT2D eigenvalue weighted by molar-refractivity contribution is -0.140. The van der Waals surface area contributed by atoms with Gasteiger partial charge in [0.2, 0.25) is 40.1 Å². The van der Waals surface area contributed by atoms with Crippen molar-refractivity contribution in [2.24, 2.45) is 20.0 Å². The van der Waals surface area contributed by atoms with Crippen LogP contribution in [0.1, 0.15) is 105 Å². The highest BCUT2D eigenvalue weighted by Crippen LogP contribution is 2.47. The first-order valence-electron chi connectivity index (χ1n) is 42.4. The van der Waals surface area contributed by atoms with E-state index in [0.717, 1.165) is 5.56 Å². The Morgan fingerprint density at radius 1 is 0.479 bits per heavy atom. The summed E-state index contributed by atoms with van der Waals surface area (Å²) in [5.74, 6) is -2.95. The van der Waals surface area contributed by atoms with Gasteiger partial charge in [0, 0.05) is 107 Å². The molecule has 11 heterocycles. The number of aromatic nitrogens is 4. The lowest BCUT2D eigenvalue weighted by Gasteiger charge is -2.42. The van der Waals surface area contributed by atoms with Crippen molar-refractivity contribution in [3.8, 4) is 11.5 Å². The topological polar surface area (TPSA) is 405 Å². The molecule has 3 saturated heterocycles. The largest absolute Gasteiger partial charge is 0.497 e. The zero-order chi connectivity index (χ0) is 102. The van der Waals surface area contributed by atoms with Crippen LogP contribution >= 0.6 is 143 Å². The van der Waals surface area contributed by atoms with Crippen LogP contribution in [0, 0.1) is 23.3 Å². The summed E-state index contributed by atoms with van der Waals surface area (Å²) in [5.41, 5.74) is 5.85. The standard InChI is InChI=1S/C26H25BrClFN4O5S2.C26H24BrFN4O5S2.C19H18BrFN4O4S2.C18H16BrFN4O4S2.CH3I/c1-3-38-26(34)22-21(14-33(40(35,36)15-28)13-16-4-7-18(37-2)8-5-16)31-24(25-30-10-11-39-25)32-23(22)19-9-6-17(29)12-20(19)27;1-3-37-26(33)22-21-14-31(13-16-4-7-18(36-2)8-5-16)39(34,35)15-32(21)24(25-29-10-11-38-25)30-23(22)19-9-6-17(28)12-20(19)27;1-3-29-19(26)15-14-9-24(2)31(27,28)10-25(14)17(18-22-6-7-30-18)23-16(15)12-5-4-11(21)8-13(12)20;1-2-28-18(25)14-13-8-22-30(26,27)9-24(13)16(17-21-5-6-29-17)23-15(14)11-4-3-10(20)7-12(11)19;1-2/h4-12,23H,3,13-15H2,1-2H3,(H,31,32);4-12,23H,3,13-15H2,1-2H3;4-8,16H,3,9-10H2,1-2H3;3-7,15,22H,2,8-9H2,1H3;1H3/t2*23-;16-;15-;/m0000./s1. The molecule has 0 saturated carbocycles. The summed E-state index contributed by atoms with van der Waals surface area (Å²) < 4.78 is 198. The van der Waals surface area contributed by atoms with E-state index in [1.807, 2.05) is 4.93 Å². The Bertz CT molecular complexity index is 7130. The highest BCUT2D eigenvalue weighted by Gasteiger charge is 2.49. The van der Waals surface area contributed by atoms with Gasteiger partial charge < -0.3 is 48.4 Å². The molecular formula is C90H86Br4ClF4IN16O18S8. The summed E-state index contributed by atoms with van der Waals surface area (Å²) >= 11 is 26.8. The number of thiazole rings is 4. The average molecular weight is 2490 g/mol. The van der Waals surface area contributed by atoms with Crippen molar-refractivity contribution in [1.82, 2.24) is 57.6 Å². The molecule has 7 aliphatic rings. The summed E-state index contributed by atoms with van der Waals surface area (Å²) in [6.07, 6.45) is 6.39. The second kappa shape index (κ2) is 48.6. The van der Waals surface area contributed by atoms with Crippen molar-refractivity contribution in [1.29, 1.82) is 0 Å². The van der Waals surface area contributed by atoms with E-state index < -0.39 is 128 Å². The van der Waals surface area contributed by atoms with E-state index in [2.05, 4.69) is 116 Å². The van der Waals surface area contributed by atoms with Gasteiger partial charge in [-0.05, 0) is 139 Å². The first-order valence-corrected chi connectivity index (χ1v) is 58.2. The Morgan fingerprint density at radius 3 is 1.20 bits per heavy atom. The van der Waals surface area contributed by atoms with Crippen molar-refractivity contribution in [2.45, 2.75) is 65.0 Å². The Kier molecular flexibility index (Phi) is 37.6. The van der Waals surface area contributed by atoms with Gasteiger partial charge in [-0.3, -0.25) is 20.0 Å². The third-order valence-electron chi connectivity index (χ3n) is 21.7. The smallest absolute Gasteiger partial charge is 0.338 e. The van der Waals surface area contributed by atoms with Gasteiger partial charge in [-0.15, -0.1) is 56.9 Å². The van der Waals surface area contributed by atoms with Crippen LogP contribution in [0.25, 0.3) is 0 Å². The van der Waals surface area contributed by atoms with E-state index in [1.54, 1.807) is 142 Å². The fourth-order valence-electron chi connectivity index (χ4n) is 15.2. The Balaban J connectivity index is 0.000000159. The van der Waals surface area contributed by atoms with Gasteiger partial charge in [0.05, 0.1) is 89.1 Å². The van der Waals surface area contributed by atoms with Crippen molar-refractivity contribution < 1.29 is 98.8 Å². The quantitative estimate of drug-likeness (QED) is 0.0167. The van der Waals surface area contributed by atoms with Crippen molar-refractivity contribution >= 4 is 231 Å². The summed E-state index contributed by atoms with van der Waals surface area (Å²) in [7, 11) is -10.4. The van der Waals surface area contributed by atoms with Crippen molar-refractivity contribution in [2.75, 3.05) is 102 Å². The Hall–Kier alpha value is -9.54. The average Bonchev–Trinajstić information content (AvgIpc) is 1.02. The first-order chi connectivity index (χ1) is 67.9. The lowest BCUT2D eigenvalue weighted by Crippen LogP contribution is -2.52. The SMILES string of the molecule is CCOC(=O)C1=C(CN(Cc2ccc(OC)cc2)S(=O)(=O)CCl)NC(c2nccs2)=N[C@H]1c1ccc(F)cc1Br.CCOC(=O)C1=C2CN(C)S(=O)(=O)CN2C(c2nccs2)=N[C@H]1c1ccc(F)cc1Br.CCOC(=O)C1=C2CN(Cc3ccc(OC)cc3)S(=O)(=O)CN2C(c2nccs2)=N[C@H]1c1ccc(F)cc1Br.CCOC(=O)C1=C2CNS(=O)(=O)CN2C(c2nccs2)=N[C@H]1c1ccc(F)cc1Br.CI. The number of carbonyl (C=O) groups is 4. The van der Waals surface area contributed by atoms with E-state index in [-0.39, 0.29) is 99.6 Å². The Labute approximate surface area is 883 Å². The number of nitrogens with zero attached hydrogens (tertiary/aromatic N) is 14. The number of aliphatic imine (C=N–C) groups is 4. The van der Waals surface area contributed by atoms with Gasteiger partial charge in [0.25, 0.3) is 0 Å². The fraction of sp³-hybridized carbons (Fsp3) is 0.289. The highest BCUT2D eigenvalue weighted by molar-refractivity contribution is 14.1. The monoisotopic (exact) mass is 2490 g/mol. The molecule has 7 aliphatic heterocycles. The number of hydrogen-bond donors (Lipinski definition) is 2. The number of benzene rings is 6. The summed E-state index contributed by atoms with van der Waals surface area (Å²) in [5, 5.41) is 11.5. The summed E-state index contributed by atoms with van der Waals surface area (Å²) in [6.45, 7) is 6.77. The predicted molar refractivity (Wildman–Crippen MR) is 554 cm³/mol. The normalized spacial score (nSPS) is 18.5. The van der Waals surface area contributed by atoms with Gasteiger partial charge in [-0.1, -0.05) is 135 Å². The number of ether oxygens (including phenoxy) is 6. The van der Waals surface area contributed by atoms with Crippen LogP contribution < -0.4 is 19.5 Å². The second-order valence-corrected chi connectivity index (χ2v) is 45.8. The molecule has 17 rings (SSSR count). The number of esters is 4. The number of sulfonamides is 4. The van der Waals surface area contributed by atoms with Crippen LogP contribution in [0.5, 0.6) is 11.5 Å². The molecule has 52 heteroatoms. The maximum Gasteiger partial charge on any atom is 0.338 e. The third-order valence-corrected chi connectivity index (χ3v) is 34.2. The number of amidine groups is 4. The number of carbonyl (C=O) groups excluding carboxylic acids is 4. The number of alkyl halides is 2. The van der Waals surface area contributed by atoms with Crippen LogP contribution in [-0.4, -0.2) is 230 Å². The predicted octanol–water partition coefficient (Wildman–Crippen LogP) is 16.0. The minimum absolute atomic E-state index is 0.0316. The van der Waals surface area contributed by atoms with Crippen LogP contribution in [0.15, 0.2) is 251 Å². The summed E-state index contributed by atoms with van der Waals surface area (Å²) in [6, 6.07) is 27.0. The lowest BCUT2D eigenvalue weighted by atomic mass is 9.94. The van der Waals surface area contributed by atoms with E-state index in [4.69, 9.17) is 60.0 Å². The van der Waals surface area contributed by atoms with E-state index in [0.29, 0.717) is 118 Å². The molecule has 0 radical (unpaired) electrons. The van der Waals surface area contributed by atoms with Crippen LogP contribution in [0.3, 0.4) is 0 Å². The number of rotatable bonds is 26. The number of methoxy groups -OCH3 is 2. The van der Waals surface area contributed by atoms with Crippen LogP contribution in [0.4, 0.5) is 17.6 Å². The molecule has 0 unspecified atom stereocenters. The van der Waals surface area contributed by atoms with Gasteiger partial charge in [0.15, 0.2) is 43.4 Å². The molecule has 6 aromatic carbocycles. The van der Waals surface area contributed by atoms with Crippen molar-refractivity contribution in [3.05, 3.63) is 307 Å². The van der Waals surface area contributed by atoms with E-state index in [9.17, 15) is 70.4 Å². The zero-order valence-corrected chi connectivity index (χ0v) is 91.8. The second-order valence-electron chi connectivity index (χ2n) is 30.5. The molecule has 0 spiro atoms. The minimum Gasteiger partial charge on any atom is -0.497 e. The maximum absolute atomic E-state index is 14.0. The number of likely N-dealkylation sites (N-methyl/N-ethyl adjacent to an activating group) is 1. The highest BCUT2D eigenvalue weighted by atomic mass is 127. The third kappa shape index (κ3) is 25.6.